The summed E-state index contributed by atoms with van der Waals surface area (Å²) in [6, 6.07) is 4.32. The first-order chi connectivity index (χ1) is 14.1. The lowest BCUT2D eigenvalue weighted by atomic mass is 9.82. The Morgan fingerprint density at radius 2 is 1.23 bits per heavy atom. The Balaban J connectivity index is 0.000000176. The molecule has 0 radical (unpaired) electrons. The second kappa shape index (κ2) is 8.48. The van der Waals surface area contributed by atoms with Crippen LogP contribution in [0.5, 0.6) is 0 Å². The molecule has 0 aliphatic carbocycles. The van der Waals surface area contributed by atoms with Crippen molar-refractivity contribution in [1.29, 1.82) is 0 Å². The monoisotopic (exact) mass is 673 g/mol. The molecule has 2 heterocycles. The van der Waals surface area contributed by atoms with Gasteiger partial charge in [0.1, 0.15) is 7.05 Å². The molecule has 6 heteroatoms. The predicted molar refractivity (Wildman–Crippen MR) is 149 cm³/mol. The zero-order valence-electron chi connectivity index (χ0n) is 19.6. The van der Waals surface area contributed by atoms with Gasteiger partial charge in [-0.25, -0.2) is 4.58 Å². The Labute approximate surface area is 220 Å². The maximum absolute atomic E-state index is 4.62. The van der Waals surface area contributed by atoms with Gasteiger partial charge in [-0.05, 0) is 67.7 Å². The van der Waals surface area contributed by atoms with Gasteiger partial charge in [-0.1, -0.05) is 61.6 Å². The van der Waals surface area contributed by atoms with E-state index in [1.165, 1.54) is 48.3 Å². The molecule has 0 aromatic heterocycles. The molecule has 166 valence electrons. The molecule has 0 bridgehead atoms. The van der Waals surface area contributed by atoms with Gasteiger partial charge in [0.2, 0.25) is 5.69 Å². The third-order valence-corrected chi connectivity index (χ3v) is 10.7. The fraction of sp³-hybridized carbons (Fsp3) is 0.440. The van der Waals surface area contributed by atoms with Crippen LogP contribution in [0.1, 0.15) is 63.8 Å². The van der Waals surface area contributed by atoms with Gasteiger partial charge in [-0.3, -0.25) is 4.99 Å². The number of halogens is 4. The molecule has 4 rings (SSSR count). The molecule has 2 aromatic rings. The van der Waals surface area contributed by atoms with E-state index in [-0.39, 0.29) is 10.8 Å². The van der Waals surface area contributed by atoms with E-state index in [1.807, 2.05) is 0 Å². The van der Waals surface area contributed by atoms with E-state index >= 15 is 0 Å². The molecule has 2 aliphatic heterocycles. The van der Waals surface area contributed by atoms with Crippen molar-refractivity contribution in [3.8, 4) is 0 Å². The van der Waals surface area contributed by atoms with E-state index in [0.717, 1.165) is 14.6 Å². The number of aliphatic imine (C=N–C) groups is 1. The van der Waals surface area contributed by atoms with Crippen molar-refractivity contribution >= 4 is 86.5 Å². The van der Waals surface area contributed by atoms with Crippen LogP contribution in [0, 0.1) is 13.8 Å². The standard InChI is InChI=1S/C13H16Br2N.C12H13Br2N/c1-7-9(14)6-10-11(12(7)15)13(3,4)8(2)16(10)5;1-6-8(13)5-9-10(11(6)14)12(3,4)7(2)15-9/h6H,1-5H3;5H,1-4H3/q+1;. The number of hydrogen-bond donors (Lipinski definition) is 0. The minimum Gasteiger partial charge on any atom is -0.257 e. The van der Waals surface area contributed by atoms with Crippen LogP contribution >= 0.6 is 63.7 Å². The van der Waals surface area contributed by atoms with Crippen molar-refractivity contribution in [2.75, 3.05) is 7.05 Å². The summed E-state index contributed by atoms with van der Waals surface area (Å²) >= 11 is 14.6. The van der Waals surface area contributed by atoms with Crippen LogP contribution in [0.2, 0.25) is 0 Å². The summed E-state index contributed by atoms with van der Waals surface area (Å²) < 4.78 is 6.96. The minimum absolute atomic E-state index is 0.0413. The average Bonchev–Trinajstić information content (AvgIpc) is 3.00. The van der Waals surface area contributed by atoms with Gasteiger partial charge in [-0.2, -0.15) is 0 Å². The van der Waals surface area contributed by atoms with E-state index < -0.39 is 0 Å². The van der Waals surface area contributed by atoms with Crippen LogP contribution in [-0.4, -0.2) is 23.0 Å². The Morgan fingerprint density at radius 3 is 1.77 bits per heavy atom. The molecule has 0 fully saturated rings. The second-order valence-corrected chi connectivity index (χ2v) is 12.8. The molecule has 2 aromatic carbocycles. The van der Waals surface area contributed by atoms with Gasteiger partial charge in [0.25, 0.3) is 0 Å². The first-order valence-electron chi connectivity index (χ1n) is 10.3. The Hall–Kier alpha value is -0.300. The highest BCUT2D eigenvalue weighted by Gasteiger charge is 2.44. The third-order valence-electron chi connectivity index (χ3n) is 7.06. The van der Waals surface area contributed by atoms with Crippen LogP contribution in [0.15, 0.2) is 35.0 Å². The van der Waals surface area contributed by atoms with E-state index in [9.17, 15) is 0 Å². The molecule has 0 spiro atoms. The molecule has 2 aliphatic rings. The second-order valence-electron chi connectivity index (χ2n) is 9.47. The summed E-state index contributed by atoms with van der Waals surface area (Å²) in [5.74, 6) is 0. The van der Waals surface area contributed by atoms with E-state index in [1.54, 1.807) is 0 Å². The number of fused-ring (bicyclic) bond motifs is 2. The molecule has 0 amide bonds. The minimum atomic E-state index is 0.0413. The fourth-order valence-corrected chi connectivity index (χ4v) is 7.42. The van der Waals surface area contributed by atoms with E-state index in [0.29, 0.717) is 0 Å². The van der Waals surface area contributed by atoms with E-state index in [2.05, 4.69) is 148 Å². The maximum atomic E-state index is 4.62. The number of hydrogen-bond acceptors (Lipinski definition) is 1. The van der Waals surface area contributed by atoms with Crippen LogP contribution in [0.3, 0.4) is 0 Å². The molecule has 2 nitrogen and oxygen atoms in total. The third kappa shape index (κ3) is 3.98. The number of benzene rings is 2. The van der Waals surface area contributed by atoms with Gasteiger partial charge >= 0.3 is 0 Å². The van der Waals surface area contributed by atoms with Crippen LogP contribution < -0.4 is 0 Å². The number of nitrogens with zero attached hydrogens (tertiary/aromatic N) is 2. The largest absolute Gasteiger partial charge is 0.257 e. The Morgan fingerprint density at radius 1 is 0.742 bits per heavy atom. The normalized spacial score (nSPS) is 17.8. The molecule has 0 N–H and O–H groups in total. The van der Waals surface area contributed by atoms with Crippen molar-refractivity contribution < 1.29 is 4.58 Å². The first-order valence-corrected chi connectivity index (χ1v) is 13.4. The summed E-state index contributed by atoms with van der Waals surface area (Å²) in [7, 11) is 2.14. The lowest BCUT2D eigenvalue weighted by Crippen LogP contribution is -2.25. The van der Waals surface area contributed by atoms with Crippen molar-refractivity contribution in [3.05, 3.63) is 52.3 Å². The van der Waals surface area contributed by atoms with Crippen LogP contribution in [0.4, 0.5) is 11.4 Å². The molecule has 0 saturated carbocycles. The highest BCUT2D eigenvalue weighted by Crippen LogP contribution is 2.48. The van der Waals surface area contributed by atoms with Gasteiger partial charge in [0.05, 0.1) is 16.7 Å². The Kier molecular flexibility index (Phi) is 6.93. The first kappa shape index (κ1) is 25.3. The fourth-order valence-electron chi connectivity index (χ4n) is 4.23. The lowest BCUT2D eigenvalue weighted by molar-refractivity contribution is -0.403. The summed E-state index contributed by atoms with van der Waals surface area (Å²) in [6.45, 7) is 17.5. The zero-order chi connectivity index (χ0) is 23.6. The smallest absolute Gasteiger partial charge is 0.211 e. The lowest BCUT2D eigenvalue weighted by Gasteiger charge is -2.22. The zero-order valence-corrected chi connectivity index (χ0v) is 25.9. The molecular weight excluding hydrogens is 648 g/mol. The predicted octanol–water partition coefficient (Wildman–Crippen LogP) is 9.45. The molecular formula is C25H29Br4N2+. The van der Waals surface area contributed by atoms with Crippen molar-refractivity contribution in [2.45, 2.75) is 66.2 Å². The average molecular weight is 677 g/mol. The highest BCUT2D eigenvalue weighted by atomic mass is 79.9. The molecule has 0 atom stereocenters. The van der Waals surface area contributed by atoms with Gasteiger partial charge < -0.3 is 0 Å². The SMILES string of the molecule is CC1=Nc2cc(Br)c(C)c(Br)c2C1(C)C.CC1=[N+](C)c2cc(Br)c(C)c(Br)c2C1(C)C. The summed E-state index contributed by atoms with van der Waals surface area (Å²) in [5, 5.41) is 0. The quantitative estimate of drug-likeness (QED) is 0.247. The topological polar surface area (TPSA) is 15.4 Å². The number of rotatable bonds is 0. The van der Waals surface area contributed by atoms with Crippen LogP contribution in [-0.2, 0) is 10.8 Å². The summed E-state index contributed by atoms with van der Waals surface area (Å²) in [4.78, 5) is 4.62. The molecule has 0 unspecified atom stereocenters. The van der Waals surface area contributed by atoms with Crippen molar-refractivity contribution in [3.63, 3.8) is 0 Å². The highest BCUT2D eigenvalue weighted by molar-refractivity contribution is 9.11. The molecule has 31 heavy (non-hydrogen) atoms. The Bertz CT molecular complexity index is 1170. The van der Waals surface area contributed by atoms with E-state index in [4.69, 9.17) is 0 Å². The summed E-state index contributed by atoms with van der Waals surface area (Å²) in [5.41, 5.74) is 10.3. The van der Waals surface area contributed by atoms with Gasteiger partial charge in [0, 0.05) is 47.6 Å². The van der Waals surface area contributed by atoms with Crippen LogP contribution in [0.25, 0.3) is 0 Å². The molecule has 0 saturated heterocycles. The maximum Gasteiger partial charge on any atom is 0.211 e. The van der Waals surface area contributed by atoms with Crippen molar-refractivity contribution in [1.82, 2.24) is 0 Å². The summed E-state index contributed by atoms with van der Waals surface area (Å²) in [6.07, 6.45) is 0. The van der Waals surface area contributed by atoms with Crippen molar-refractivity contribution in [2.24, 2.45) is 4.99 Å². The van der Waals surface area contributed by atoms with Gasteiger partial charge in [-0.15, -0.1) is 0 Å². The van der Waals surface area contributed by atoms with Gasteiger partial charge in [0.15, 0.2) is 5.71 Å².